The molecule has 2 aromatic carbocycles. The molecule has 0 aliphatic heterocycles. The molecule has 0 saturated heterocycles. The maximum atomic E-state index is 13.5. The molecule has 0 aliphatic rings. The first-order chi connectivity index (χ1) is 9.93. The maximum absolute atomic E-state index is 13.5. The van der Waals surface area contributed by atoms with Crippen LogP contribution in [0.4, 0.5) is 10.1 Å². The molecule has 0 aliphatic carbocycles. The van der Waals surface area contributed by atoms with Crippen LogP contribution in [0.3, 0.4) is 0 Å². The van der Waals surface area contributed by atoms with Crippen LogP contribution in [0.2, 0.25) is 0 Å². The predicted molar refractivity (Wildman–Crippen MR) is 81.5 cm³/mol. The Hall–Kier alpha value is -1.67. The molecule has 2 rings (SSSR count). The van der Waals surface area contributed by atoms with Gasteiger partial charge in [-0.05, 0) is 56.1 Å². The molecule has 0 fully saturated rings. The highest BCUT2D eigenvalue weighted by atomic mass is 79.9. The first-order valence-corrected chi connectivity index (χ1v) is 7.16. The van der Waals surface area contributed by atoms with Crippen LogP contribution in [0, 0.1) is 15.9 Å². The third-order valence-electron chi connectivity index (χ3n) is 2.56. The number of hydrogen-bond acceptors (Lipinski definition) is 4. The molecule has 0 N–H and O–H groups in total. The third kappa shape index (κ3) is 3.33. The van der Waals surface area contributed by atoms with Gasteiger partial charge >= 0.3 is 5.69 Å². The number of rotatable bonds is 4. The van der Waals surface area contributed by atoms with Gasteiger partial charge in [0.2, 0.25) is 11.6 Å². The first kappa shape index (κ1) is 15.7. The minimum Gasteiger partial charge on any atom is -0.496 e. The molecule has 0 aromatic heterocycles. The van der Waals surface area contributed by atoms with Gasteiger partial charge in [0.05, 0.1) is 21.0 Å². The maximum Gasteiger partial charge on any atom is 0.346 e. The summed E-state index contributed by atoms with van der Waals surface area (Å²) in [5, 5.41) is 10.9. The number of nitro benzene ring substituents is 1. The Kier molecular flexibility index (Phi) is 4.79. The molecule has 0 unspecified atom stereocenters. The Morgan fingerprint density at radius 1 is 1.14 bits per heavy atom. The molecule has 110 valence electrons. The third-order valence-corrected chi connectivity index (χ3v) is 3.80. The van der Waals surface area contributed by atoms with Gasteiger partial charge in [0.1, 0.15) is 11.5 Å². The van der Waals surface area contributed by atoms with Crippen molar-refractivity contribution in [3.8, 4) is 17.2 Å². The lowest BCUT2D eigenvalue weighted by atomic mass is 10.2. The molecule has 5 nitrogen and oxygen atoms in total. The zero-order valence-corrected chi connectivity index (χ0v) is 13.8. The van der Waals surface area contributed by atoms with Crippen LogP contribution in [0.15, 0.2) is 39.3 Å². The number of halogens is 3. The van der Waals surface area contributed by atoms with E-state index in [0.29, 0.717) is 14.7 Å². The highest BCUT2D eigenvalue weighted by Crippen LogP contribution is 2.40. The zero-order valence-electron chi connectivity index (χ0n) is 10.6. The van der Waals surface area contributed by atoms with Gasteiger partial charge in [-0.3, -0.25) is 10.1 Å². The summed E-state index contributed by atoms with van der Waals surface area (Å²) in [5.74, 6) is -0.293. The second kappa shape index (κ2) is 6.40. The minimum absolute atomic E-state index is 0.183. The van der Waals surface area contributed by atoms with Crippen molar-refractivity contribution in [2.45, 2.75) is 0 Å². The molecule has 0 bridgehead atoms. The topological polar surface area (TPSA) is 61.6 Å². The van der Waals surface area contributed by atoms with Crippen molar-refractivity contribution in [1.82, 2.24) is 0 Å². The van der Waals surface area contributed by atoms with Crippen molar-refractivity contribution in [2.75, 3.05) is 7.11 Å². The van der Waals surface area contributed by atoms with Crippen LogP contribution in [0.5, 0.6) is 17.2 Å². The van der Waals surface area contributed by atoms with E-state index >= 15 is 0 Å². The molecule has 0 radical (unpaired) electrons. The molecule has 0 heterocycles. The van der Waals surface area contributed by atoms with Crippen molar-refractivity contribution in [1.29, 1.82) is 0 Å². The molecule has 2 aromatic rings. The standard InChI is InChI=1S/C13H8Br2FNO4/c1-20-11-5-8(15)12(6-7(11)14)21-10-4-2-3-9(16)13(10)17(18)19/h2-6H,1H3. The number of methoxy groups -OCH3 is 1. The molecule has 0 spiro atoms. The molecule has 8 heteroatoms. The van der Waals surface area contributed by atoms with E-state index in [2.05, 4.69) is 31.9 Å². The monoisotopic (exact) mass is 419 g/mol. The summed E-state index contributed by atoms with van der Waals surface area (Å²) in [6.45, 7) is 0. The SMILES string of the molecule is COc1cc(Br)c(Oc2cccc(F)c2[N+](=O)[O-])cc1Br. The van der Waals surface area contributed by atoms with Gasteiger partial charge in [-0.1, -0.05) is 6.07 Å². The number of ether oxygens (including phenoxy) is 2. The van der Waals surface area contributed by atoms with Gasteiger partial charge in [0.25, 0.3) is 0 Å². The highest BCUT2D eigenvalue weighted by molar-refractivity contribution is 9.11. The minimum atomic E-state index is -0.957. The van der Waals surface area contributed by atoms with Gasteiger partial charge in [-0.25, -0.2) is 0 Å². The average Bonchev–Trinajstić information content (AvgIpc) is 2.42. The van der Waals surface area contributed by atoms with E-state index in [9.17, 15) is 14.5 Å². The van der Waals surface area contributed by atoms with E-state index in [1.807, 2.05) is 0 Å². The van der Waals surface area contributed by atoms with E-state index < -0.39 is 16.4 Å². The molecular formula is C13H8Br2FNO4. The van der Waals surface area contributed by atoms with Gasteiger partial charge in [-0.2, -0.15) is 4.39 Å². The highest BCUT2D eigenvalue weighted by Gasteiger charge is 2.22. The molecule has 0 amide bonds. The lowest BCUT2D eigenvalue weighted by molar-refractivity contribution is -0.388. The number of hydrogen-bond donors (Lipinski definition) is 0. The number of nitrogens with zero attached hydrogens (tertiary/aromatic N) is 1. The molecule has 21 heavy (non-hydrogen) atoms. The van der Waals surface area contributed by atoms with E-state index in [4.69, 9.17) is 9.47 Å². The second-order valence-electron chi connectivity index (χ2n) is 3.86. The summed E-state index contributed by atoms with van der Waals surface area (Å²) in [5.41, 5.74) is -0.712. The Labute approximate surface area is 136 Å². The fraction of sp³-hybridized carbons (Fsp3) is 0.0769. The summed E-state index contributed by atoms with van der Waals surface area (Å²) in [6, 6.07) is 6.86. The molecular weight excluding hydrogens is 413 g/mol. The average molecular weight is 421 g/mol. The largest absolute Gasteiger partial charge is 0.496 e. The van der Waals surface area contributed by atoms with Crippen LogP contribution in [0.25, 0.3) is 0 Å². The number of nitro groups is 1. The van der Waals surface area contributed by atoms with Crippen molar-refractivity contribution in [2.24, 2.45) is 0 Å². The number of benzene rings is 2. The first-order valence-electron chi connectivity index (χ1n) is 5.58. The van der Waals surface area contributed by atoms with Gasteiger partial charge in [0.15, 0.2) is 0 Å². The predicted octanol–water partition coefficient (Wildman–Crippen LogP) is 5.06. The number of para-hydroxylation sites is 1. The van der Waals surface area contributed by atoms with Crippen LogP contribution >= 0.6 is 31.9 Å². The Morgan fingerprint density at radius 2 is 1.76 bits per heavy atom. The Bertz CT molecular complexity index is 709. The van der Waals surface area contributed by atoms with Crippen LogP contribution < -0.4 is 9.47 Å². The normalized spacial score (nSPS) is 10.3. The lowest BCUT2D eigenvalue weighted by Crippen LogP contribution is -1.97. The summed E-state index contributed by atoms with van der Waals surface area (Å²) in [6.07, 6.45) is 0. The zero-order chi connectivity index (χ0) is 15.6. The van der Waals surface area contributed by atoms with Crippen LogP contribution in [0.1, 0.15) is 0 Å². The molecule has 0 atom stereocenters. The van der Waals surface area contributed by atoms with Crippen molar-refractivity contribution in [3.63, 3.8) is 0 Å². The quantitative estimate of drug-likeness (QED) is 0.512. The smallest absolute Gasteiger partial charge is 0.346 e. The van der Waals surface area contributed by atoms with Crippen LogP contribution in [-0.4, -0.2) is 12.0 Å². The Morgan fingerprint density at radius 3 is 2.38 bits per heavy atom. The Balaban J connectivity index is 2.46. The fourth-order valence-electron chi connectivity index (χ4n) is 1.62. The summed E-state index contributed by atoms with van der Waals surface area (Å²) < 4.78 is 25.2. The van der Waals surface area contributed by atoms with Gasteiger partial charge < -0.3 is 9.47 Å². The van der Waals surface area contributed by atoms with Crippen LogP contribution in [-0.2, 0) is 0 Å². The van der Waals surface area contributed by atoms with Gasteiger partial charge in [-0.15, -0.1) is 0 Å². The summed E-state index contributed by atoms with van der Waals surface area (Å²) in [4.78, 5) is 10.1. The van der Waals surface area contributed by atoms with Crippen molar-refractivity contribution < 1.29 is 18.8 Å². The van der Waals surface area contributed by atoms with E-state index in [-0.39, 0.29) is 11.5 Å². The van der Waals surface area contributed by atoms with Crippen molar-refractivity contribution in [3.05, 3.63) is 55.2 Å². The summed E-state index contributed by atoms with van der Waals surface area (Å²) >= 11 is 6.55. The van der Waals surface area contributed by atoms with E-state index in [1.54, 1.807) is 12.1 Å². The van der Waals surface area contributed by atoms with Crippen molar-refractivity contribution >= 4 is 37.5 Å². The van der Waals surface area contributed by atoms with Gasteiger partial charge in [0, 0.05) is 0 Å². The van der Waals surface area contributed by atoms with E-state index in [0.717, 1.165) is 6.07 Å². The van der Waals surface area contributed by atoms with E-state index in [1.165, 1.54) is 19.2 Å². The lowest BCUT2D eigenvalue weighted by Gasteiger charge is -2.11. The second-order valence-corrected chi connectivity index (χ2v) is 5.57. The summed E-state index contributed by atoms with van der Waals surface area (Å²) in [7, 11) is 1.50. The molecule has 0 saturated carbocycles. The fourth-order valence-corrected chi connectivity index (χ4v) is 2.51.